The van der Waals surface area contributed by atoms with E-state index in [-0.39, 0.29) is 0 Å². The Morgan fingerprint density at radius 1 is 1.00 bits per heavy atom. The predicted molar refractivity (Wildman–Crippen MR) is 73.5 cm³/mol. The first-order valence-electron chi connectivity index (χ1n) is 5.64. The van der Waals surface area contributed by atoms with Gasteiger partial charge in [0.2, 0.25) is 0 Å². The lowest BCUT2D eigenvalue weighted by Crippen LogP contribution is -1.93. The van der Waals surface area contributed by atoms with Crippen LogP contribution in [-0.4, -0.2) is 8.76 Å². The van der Waals surface area contributed by atoms with E-state index in [1.165, 1.54) is 5.41 Å². The zero-order valence-corrected chi connectivity index (χ0v) is 10.6. The van der Waals surface area contributed by atoms with Crippen LogP contribution in [0.25, 0.3) is 5.57 Å². The van der Waals surface area contributed by atoms with Crippen LogP contribution in [0.2, 0.25) is 0 Å². The summed E-state index contributed by atoms with van der Waals surface area (Å²) in [4.78, 5) is 0. The van der Waals surface area contributed by atoms with Crippen LogP contribution in [0, 0.1) is 0 Å². The lowest BCUT2D eigenvalue weighted by molar-refractivity contribution is 0.546. The third-order valence-corrected chi connectivity index (χ3v) is 3.10. The molecular formula is C15H13O2S-. The van der Waals surface area contributed by atoms with Crippen molar-refractivity contribution in [2.75, 3.05) is 0 Å². The van der Waals surface area contributed by atoms with E-state index in [0.717, 1.165) is 16.7 Å². The molecule has 0 radical (unpaired) electrons. The third kappa shape index (κ3) is 3.65. The summed E-state index contributed by atoms with van der Waals surface area (Å²) in [7, 11) is 0. The zero-order valence-electron chi connectivity index (χ0n) is 9.78. The fourth-order valence-corrected chi connectivity index (χ4v) is 2.25. The Labute approximate surface area is 109 Å². The first kappa shape index (κ1) is 12.7. The Balaban J connectivity index is 2.31. The van der Waals surface area contributed by atoms with E-state index in [2.05, 4.69) is 0 Å². The van der Waals surface area contributed by atoms with Gasteiger partial charge in [-0.1, -0.05) is 60.7 Å². The molecule has 0 aromatic heterocycles. The molecule has 3 heteroatoms. The average Bonchev–Trinajstić information content (AvgIpc) is 2.40. The van der Waals surface area contributed by atoms with Crippen LogP contribution in [0.5, 0.6) is 0 Å². The second-order valence-electron chi connectivity index (χ2n) is 3.93. The molecular weight excluding hydrogens is 244 g/mol. The monoisotopic (exact) mass is 257 g/mol. The van der Waals surface area contributed by atoms with Gasteiger partial charge < -0.3 is 4.55 Å². The highest BCUT2D eigenvalue weighted by atomic mass is 32.2. The normalized spacial score (nSPS) is 13.3. The SMILES string of the molecule is O=S([O-])C=C(Cc1ccccc1)c1ccccc1. The molecule has 1 unspecified atom stereocenters. The second kappa shape index (κ2) is 6.28. The van der Waals surface area contributed by atoms with E-state index in [9.17, 15) is 8.76 Å². The van der Waals surface area contributed by atoms with Crippen molar-refractivity contribution in [1.82, 2.24) is 0 Å². The van der Waals surface area contributed by atoms with E-state index in [4.69, 9.17) is 0 Å². The van der Waals surface area contributed by atoms with Crippen molar-refractivity contribution in [3.63, 3.8) is 0 Å². The van der Waals surface area contributed by atoms with E-state index < -0.39 is 11.1 Å². The molecule has 92 valence electrons. The predicted octanol–water partition coefficient (Wildman–Crippen LogP) is 3.15. The fraction of sp³-hybridized carbons (Fsp3) is 0.0667. The van der Waals surface area contributed by atoms with Gasteiger partial charge in [-0.15, -0.1) is 0 Å². The fourth-order valence-electron chi connectivity index (χ4n) is 1.80. The molecule has 0 amide bonds. The highest BCUT2D eigenvalue weighted by Gasteiger charge is 2.02. The lowest BCUT2D eigenvalue weighted by atomic mass is 10.00. The van der Waals surface area contributed by atoms with Crippen molar-refractivity contribution in [2.24, 2.45) is 0 Å². The Morgan fingerprint density at radius 2 is 1.56 bits per heavy atom. The van der Waals surface area contributed by atoms with Crippen molar-refractivity contribution < 1.29 is 8.76 Å². The average molecular weight is 257 g/mol. The number of hydrogen-bond acceptors (Lipinski definition) is 2. The number of benzene rings is 2. The molecule has 0 N–H and O–H groups in total. The minimum Gasteiger partial charge on any atom is -0.769 e. The van der Waals surface area contributed by atoms with Crippen molar-refractivity contribution in [1.29, 1.82) is 0 Å². The van der Waals surface area contributed by atoms with Crippen molar-refractivity contribution in [3.05, 3.63) is 77.2 Å². The Hall–Kier alpha value is -1.71. The van der Waals surface area contributed by atoms with Gasteiger partial charge in [0.1, 0.15) is 0 Å². The minimum atomic E-state index is -2.18. The molecule has 18 heavy (non-hydrogen) atoms. The van der Waals surface area contributed by atoms with Crippen LogP contribution in [0.15, 0.2) is 66.1 Å². The largest absolute Gasteiger partial charge is 0.769 e. The first-order chi connectivity index (χ1) is 8.75. The van der Waals surface area contributed by atoms with Crippen LogP contribution in [0.1, 0.15) is 11.1 Å². The summed E-state index contributed by atoms with van der Waals surface area (Å²) < 4.78 is 21.8. The zero-order chi connectivity index (χ0) is 12.8. The topological polar surface area (TPSA) is 40.1 Å². The maximum absolute atomic E-state index is 10.9. The summed E-state index contributed by atoms with van der Waals surface area (Å²) in [6.45, 7) is 0. The van der Waals surface area contributed by atoms with Crippen molar-refractivity contribution >= 4 is 16.7 Å². The summed E-state index contributed by atoms with van der Waals surface area (Å²) in [5.41, 5.74) is 2.83. The van der Waals surface area contributed by atoms with Crippen LogP contribution in [0.3, 0.4) is 0 Å². The summed E-state index contributed by atoms with van der Waals surface area (Å²) >= 11 is -2.18. The van der Waals surface area contributed by atoms with Gasteiger partial charge in [-0.05, 0) is 39.6 Å². The number of hydrogen-bond donors (Lipinski definition) is 0. The van der Waals surface area contributed by atoms with Crippen molar-refractivity contribution in [2.45, 2.75) is 6.42 Å². The maximum atomic E-state index is 10.9. The van der Waals surface area contributed by atoms with Gasteiger partial charge in [-0.25, -0.2) is 0 Å². The van der Waals surface area contributed by atoms with Gasteiger partial charge in [0.15, 0.2) is 0 Å². The molecule has 2 aromatic carbocycles. The molecule has 0 spiro atoms. The molecule has 1 atom stereocenters. The minimum absolute atomic E-state index is 0.610. The molecule has 0 aliphatic carbocycles. The van der Waals surface area contributed by atoms with E-state index in [1.807, 2.05) is 60.7 Å². The van der Waals surface area contributed by atoms with Gasteiger partial charge in [0.05, 0.1) is 0 Å². The Kier molecular flexibility index (Phi) is 4.45. The van der Waals surface area contributed by atoms with Gasteiger partial charge in [-0.2, -0.15) is 0 Å². The van der Waals surface area contributed by atoms with Gasteiger partial charge >= 0.3 is 0 Å². The summed E-state index contributed by atoms with van der Waals surface area (Å²) in [5.74, 6) is 0. The lowest BCUT2D eigenvalue weighted by Gasteiger charge is -2.09. The summed E-state index contributed by atoms with van der Waals surface area (Å²) in [6.07, 6.45) is 0.610. The number of rotatable bonds is 4. The molecule has 0 bridgehead atoms. The molecule has 0 heterocycles. The molecule has 2 nitrogen and oxygen atoms in total. The molecule has 0 saturated carbocycles. The Morgan fingerprint density at radius 3 is 2.11 bits per heavy atom. The molecule has 0 fully saturated rings. The molecule has 0 aliphatic rings. The van der Waals surface area contributed by atoms with E-state index >= 15 is 0 Å². The quantitative estimate of drug-likeness (QED) is 0.789. The number of allylic oxidation sites excluding steroid dienone is 1. The van der Waals surface area contributed by atoms with Crippen LogP contribution >= 0.6 is 0 Å². The molecule has 0 aliphatic heterocycles. The van der Waals surface area contributed by atoms with E-state index in [1.54, 1.807) is 0 Å². The van der Waals surface area contributed by atoms with Gasteiger partial charge in [0, 0.05) is 0 Å². The van der Waals surface area contributed by atoms with Crippen LogP contribution < -0.4 is 0 Å². The highest BCUT2D eigenvalue weighted by molar-refractivity contribution is 7.82. The maximum Gasteiger partial charge on any atom is -0.00142 e. The molecule has 0 saturated heterocycles. The highest BCUT2D eigenvalue weighted by Crippen LogP contribution is 2.19. The third-order valence-electron chi connectivity index (χ3n) is 2.62. The van der Waals surface area contributed by atoms with Crippen LogP contribution in [-0.2, 0) is 17.5 Å². The van der Waals surface area contributed by atoms with E-state index in [0.29, 0.717) is 6.42 Å². The standard InChI is InChI=1S/C15H14O2S/c16-18(17)12-15(14-9-5-2-6-10-14)11-13-7-3-1-4-8-13/h1-10,12H,11H2,(H,16,17)/p-1. The Bertz CT molecular complexity index is 547. The second-order valence-corrected chi connectivity index (χ2v) is 4.69. The summed E-state index contributed by atoms with van der Waals surface area (Å²) in [5, 5.41) is 1.28. The summed E-state index contributed by atoms with van der Waals surface area (Å²) in [6, 6.07) is 19.4. The van der Waals surface area contributed by atoms with Crippen molar-refractivity contribution in [3.8, 4) is 0 Å². The smallest absolute Gasteiger partial charge is 0.00142 e. The first-order valence-corrected chi connectivity index (χ1v) is 6.77. The van der Waals surface area contributed by atoms with Gasteiger partial charge in [0.25, 0.3) is 0 Å². The van der Waals surface area contributed by atoms with Gasteiger partial charge in [-0.3, -0.25) is 4.21 Å². The molecule has 2 rings (SSSR count). The van der Waals surface area contributed by atoms with Crippen LogP contribution in [0.4, 0.5) is 0 Å². The molecule has 2 aromatic rings.